The number of hydrogen-bond donors (Lipinski definition) is 0. The Labute approximate surface area is 267 Å². The van der Waals surface area contributed by atoms with Crippen LogP contribution in [0, 0.1) is 30.1 Å². The fourth-order valence-corrected chi connectivity index (χ4v) is 6.45. The van der Waals surface area contributed by atoms with Crippen molar-refractivity contribution in [3.05, 3.63) is 113 Å². The largest absolute Gasteiger partial charge is 0.120 e. The molecule has 0 saturated carbocycles. The molecule has 0 aliphatic carbocycles. The number of terminal acetylenes is 1. The van der Waals surface area contributed by atoms with Gasteiger partial charge < -0.3 is 0 Å². The Morgan fingerprint density at radius 2 is 1.65 bits per heavy atom. The molecule has 0 heteroatoms. The molecule has 0 N–H and O–H groups in total. The lowest BCUT2D eigenvalue weighted by atomic mass is 9.65. The second-order valence-electron chi connectivity index (χ2n) is 13.3. The number of aryl methyl sites for hydroxylation is 1. The summed E-state index contributed by atoms with van der Waals surface area (Å²) in [7, 11) is 0. The van der Waals surface area contributed by atoms with E-state index in [0.29, 0.717) is 0 Å². The van der Waals surface area contributed by atoms with Crippen molar-refractivity contribution in [2.75, 3.05) is 0 Å². The number of allylic oxidation sites excluding steroid dienone is 11. The summed E-state index contributed by atoms with van der Waals surface area (Å²) in [4.78, 5) is 0. The summed E-state index contributed by atoms with van der Waals surface area (Å²) in [6.45, 7) is 37.6. The van der Waals surface area contributed by atoms with Gasteiger partial charge in [-0.2, -0.15) is 0 Å². The van der Waals surface area contributed by atoms with Gasteiger partial charge in [0.15, 0.2) is 0 Å². The van der Waals surface area contributed by atoms with E-state index in [1.165, 1.54) is 57.4 Å². The van der Waals surface area contributed by atoms with Crippen LogP contribution in [0.25, 0.3) is 5.57 Å². The summed E-state index contributed by atoms with van der Waals surface area (Å²) in [5.41, 5.74) is 11.1. The van der Waals surface area contributed by atoms with Gasteiger partial charge in [0.2, 0.25) is 0 Å². The molecule has 0 aliphatic rings. The highest BCUT2D eigenvalue weighted by Crippen LogP contribution is 2.45. The average Bonchev–Trinajstić information content (AvgIpc) is 2.98. The minimum absolute atomic E-state index is 0.0809. The van der Waals surface area contributed by atoms with Crippen LogP contribution in [0.1, 0.15) is 131 Å². The van der Waals surface area contributed by atoms with Crippen LogP contribution in [0.4, 0.5) is 0 Å². The van der Waals surface area contributed by atoms with Crippen molar-refractivity contribution in [2.45, 2.75) is 127 Å². The van der Waals surface area contributed by atoms with Gasteiger partial charge in [-0.15, -0.1) is 12.3 Å². The van der Waals surface area contributed by atoms with Crippen LogP contribution in [-0.4, -0.2) is 0 Å². The van der Waals surface area contributed by atoms with Crippen molar-refractivity contribution in [3.8, 4) is 12.3 Å². The predicted molar refractivity (Wildman–Crippen MR) is 196 cm³/mol. The molecule has 0 spiro atoms. The van der Waals surface area contributed by atoms with Gasteiger partial charge in [-0.3, -0.25) is 0 Å². The number of benzene rings is 1. The number of unbranched alkanes of at least 4 members (excludes halogenated alkanes) is 1. The summed E-state index contributed by atoms with van der Waals surface area (Å²) in [6, 6.07) is 6.90. The Bertz CT molecular complexity index is 1310. The molecule has 0 aromatic heterocycles. The highest BCUT2D eigenvalue weighted by molar-refractivity contribution is 5.74. The predicted octanol–water partition coefficient (Wildman–Crippen LogP) is 13.2. The van der Waals surface area contributed by atoms with Gasteiger partial charge in [-0.1, -0.05) is 127 Å². The SMILES string of the molecule is C#CC(C)(CCCC)CCC(CC)(C(=C)C)c1ccc(C(=C)/C=C(CC)\C(C)=C(/C)C(C)(C)C(/C=C\C)=C/C=C)cc1C. The van der Waals surface area contributed by atoms with Crippen LogP contribution in [-0.2, 0) is 5.41 Å². The maximum Gasteiger partial charge on any atom is 0.0284 e. The van der Waals surface area contributed by atoms with Gasteiger partial charge in [0.1, 0.15) is 0 Å². The zero-order valence-electron chi connectivity index (χ0n) is 29.8. The lowest BCUT2D eigenvalue weighted by molar-refractivity contribution is 0.305. The van der Waals surface area contributed by atoms with Crippen molar-refractivity contribution in [3.63, 3.8) is 0 Å². The number of rotatable bonds is 17. The molecule has 0 radical (unpaired) electrons. The summed E-state index contributed by atoms with van der Waals surface area (Å²) in [6.07, 6.45) is 24.0. The van der Waals surface area contributed by atoms with E-state index >= 15 is 0 Å². The van der Waals surface area contributed by atoms with E-state index in [9.17, 15) is 0 Å². The zero-order valence-corrected chi connectivity index (χ0v) is 29.8. The van der Waals surface area contributed by atoms with E-state index in [1.54, 1.807) is 0 Å². The molecule has 0 aliphatic heterocycles. The fourth-order valence-electron chi connectivity index (χ4n) is 6.45. The molecule has 43 heavy (non-hydrogen) atoms. The topological polar surface area (TPSA) is 0 Å². The Morgan fingerprint density at radius 1 is 1.00 bits per heavy atom. The Kier molecular flexibility index (Phi) is 14.8. The van der Waals surface area contributed by atoms with Crippen LogP contribution in [0.2, 0.25) is 0 Å². The van der Waals surface area contributed by atoms with Crippen LogP contribution in [0.3, 0.4) is 0 Å². The van der Waals surface area contributed by atoms with Gasteiger partial charge in [-0.05, 0) is 113 Å². The molecule has 0 amide bonds. The van der Waals surface area contributed by atoms with E-state index in [1.807, 2.05) is 6.08 Å². The minimum Gasteiger partial charge on any atom is -0.120 e. The van der Waals surface area contributed by atoms with Crippen LogP contribution >= 0.6 is 0 Å². The first kappa shape index (κ1) is 38.0. The van der Waals surface area contributed by atoms with E-state index < -0.39 is 0 Å². The summed E-state index contributed by atoms with van der Waals surface area (Å²) in [5.74, 6) is 3.15. The molecule has 2 unspecified atom stereocenters. The third-order valence-corrected chi connectivity index (χ3v) is 10.1. The first-order chi connectivity index (χ1) is 20.1. The molecule has 0 nitrogen and oxygen atoms in total. The van der Waals surface area contributed by atoms with Gasteiger partial charge in [0, 0.05) is 16.2 Å². The van der Waals surface area contributed by atoms with Crippen molar-refractivity contribution in [1.29, 1.82) is 0 Å². The van der Waals surface area contributed by atoms with E-state index in [0.717, 1.165) is 37.7 Å². The maximum atomic E-state index is 6.07. The zero-order chi connectivity index (χ0) is 33.0. The standard InChI is InChI=1S/C43H62/c1-16-22-27-42(15,20-5)28-29-43(21-6,32(7)8)40-26-25-38(31-34(40)10)33(9)30-37(19-4)35(11)36(12)41(13,14)39(23-17-2)24-18-3/h5,17-18,23-26,30-31H,2,7,9,16,19,21-22,27-29H2,1,3-4,6,8,10-15H3/b24-18-,36-35+,37-30-,39-23+. The highest BCUT2D eigenvalue weighted by Gasteiger charge is 2.35. The quantitative estimate of drug-likeness (QED) is 0.0979. The summed E-state index contributed by atoms with van der Waals surface area (Å²) in [5, 5.41) is 0. The van der Waals surface area contributed by atoms with Gasteiger partial charge in [0.25, 0.3) is 0 Å². The third-order valence-electron chi connectivity index (χ3n) is 10.1. The second-order valence-corrected chi connectivity index (χ2v) is 13.3. The lowest BCUT2D eigenvalue weighted by Gasteiger charge is -2.38. The Balaban J connectivity index is 3.53. The van der Waals surface area contributed by atoms with Crippen molar-refractivity contribution in [2.24, 2.45) is 10.8 Å². The molecule has 1 aromatic rings. The van der Waals surface area contributed by atoms with Gasteiger partial charge in [0.05, 0.1) is 0 Å². The molecule has 0 bridgehead atoms. The normalized spacial score (nSPS) is 16.2. The molecular weight excluding hydrogens is 516 g/mol. The Morgan fingerprint density at radius 3 is 2.12 bits per heavy atom. The van der Waals surface area contributed by atoms with E-state index in [2.05, 4.69) is 144 Å². The second kappa shape index (κ2) is 16.7. The van der Waals surface area contributed by atoms with Crippen molar-refractivity contribution in [1.82, 2.24) is 0 Å². The first-order valence-corrected chi connectivity index (χ1v) is 16.4. The highest BCUT2D eigenvalue weighted by atomic mass is 14.4. The van der Waals surface area contributed by atoms with Crippen LogP contribution < -0.4 is 0 Å². The van der Waals surface area contributed by atoms with Crippen LogP contribution in [0.15, 0.2) is 96.2 Å². The average molecular weight is 579 g/mol. The van der Waals surface area contributed by atoms with Crippen molar-refractivity contribution < 1.29 is 0 Å². The molecule has 0 heterocycles. The molecule has 2 atom stereocenters. The monoisotopic (exact) mass is 578 g/mol. The van der Waals surface area contributed by atoms with E-state index in [4.69, 9.17) is 6.42 Å². The molecule has 0 fully saturated rings. The molecule has 1 aromatic carbocycles. The fraction of sp³-hybridized carbons (Fsp3) is 0.488. The summed E-state index contributed by atoms with van der Waals surface area (Å²) < 4.78 is 0. The van der Waals surface area contributed by atoms with Gasteiger partial charge in [-0.25, -0.2) is 0 Å². The smallest absolute Gasteiger partial charge is 0.0284 e. The van der Waals surface area contributed by atoms with Crippen molar-refractivity contribution >= 4 is 5.57 Å². The third kappa shape index (κ3) is 9.22. The molecule has 1 rings (SSSR count). The first-order valence-electron chi connectivity index (χ1n) is 16.4. The number of hydrogen-bond acceptors (Lipinski definition) is 0. The minimum atomic E-state index is -0.114. The molecule has 0 saturated heterocycles. The lowest BCUT2D eigenvalue weighted by Crippen LogP contribution is -2.30. The van der Waals surface area contributed by atoms with Crippen LogP contribution in [0.5, 0.6) is 0 Å². The molecular formula is C43H62. The Hall–Kier alpha value is -3.04. The van der Waals surface area contributed by atoms with E-state index in [-0.39, 0.29) is 16.2 Å². The summed E-state index contributed by atoms with van der Waals surface area (Å²) >= 11 is 0. The maximum absolute atomic E-state index is 6.07. The van der Waals surface area contributed by atoms with Gasteiger partial charge >= 0.3 is 0 Å². The molecule has 234 valence electrons.